The number of hydrogen-bond acceptors (Lipinski definition) is 3. The van der Waals surface area contributed by atoms with Crippen molar-refractivity contribution in [3.63, 3.8) is 0 Å². The molecule has 0 fully saturated rings. The van der Waals surface area contributed by atoms with Crippen molar-refractivity contribution in [3.05, 3.63) is 58.6 Å². The molecule has 2 aromatic heterocycles. The van der Waals surface area contributed by atoms with E-state index >= 15 is 0 Å². The maximum absolute atomic E-state index is 5.31. The molecule has 0 radical (unpaired) electrons. The number of nitrogens with zero attached hydrogens (tertiary/aromatic N) is 4. The van der Waals surface area contributed by atoms with E-state index in [1.807, 2.05) is 29.9 Å². The van der Waals surface area contributed by atoms with Gasteiger partial charge in [-0.3, -0.25) is 0 Å². The number of aromatic nitrogens is 4. The molecule has 0 aliphatic rings. The van der Waals surface area contributed by atoms with Gasteiger partial charge in [-0.25, -0.2) is 5.10 Å². The Kier molecular flexibility index (Phi) is 4.24. The highest BCUT2D eigenvalue weighted by Gasteiger charge is 2.14. The van der Waals surface area contributed by atoms with Gasteiger partial charge < -0.3 is 4.57 Å². The van der Waals surface area contributed by atoms with Crippen molar-refractivity contribution in [2.24, 2.45) is 12.1 Å². The summed E-state index contributed by atoms with van der Waals surface area (Å²) in [6.07, 6.45) is 3.75. The molecule has 1 N–H and O–H groups in total. The summed E-state index contributed by atoms with van der Waals surface area (Å²) in [5.41, 5.74) is 3.36. The molecule has 0 saturated heterocycles. The Balaban J connectivity index is 1.97. The fourth-order valence-electron chi connectivity index (χ4n) is 2.43. The van der Waals surface area contributed by atoms with Crippen LogP contribution in [0.5, 0.6) is 0 Å². The summed E-state index contributed by atoms with van der Waals surface area (Å²) in [4.78, 5) is 0. The highest BCUT2D eigenvalue weighted by atomic mass is 32.1. The van der Waals surface area contributed by atoms with Gasteiger partial charge in [-0.1, -0.05) is 45.0 Å². The minimum Gasteiger partial charge on any atom is -0.350 e. The number of H-pyrrole nitrogens is 1. The normalized spacial score (nSPS) is 12.2. The van der Waals surface area contributed by atoms with Gasteiger partial charge in [0.15, 0.2) is 5.82 Å². The highest BCUT2D eigenvalue weighted by Crippen LogP contribution is 2.25. The molecule has 1 aromatic carbocycles. The number of rotatable bonds is 3. The van der Waals surface area contributed by atoms with Gasteiger partial charge in [0, 0.05) is 18.8 Å². The molecule has 2 heterocycles. The van der Waals surface area contributed by atoms with E-state index in [4.69, 9.17) is 12.2 Å². The van der Waals surface area contributed by atoms with Gasteiger partial charge in [0.2, 0.25) is 4.77 Å². The number of aryl methyl sites for hydroxylation is 1. The number of benzene rings is 1. The van der Waals surface area contributed by atoms with Gasteiger partial charge in [0.1, 0.15) is 0 Å². The Bertz CT molecular complexity index is 919. The van der Waals surface area contributed by atoms with Crippen molar-refractivity contribution >= 4 is 18.4 Å². The van der Waals surface area contributed by atoms with E-state index in [2.05, 4.69) is 60.3 Å². The summed E-state index contributed by atoms with van der Waals surface area (Å²) < 4.78 is 4.11. The summed E-state index contributed by atoms with van der Waals surface area (Å²) in [5.74, 6) is 0.700. The molecule has 3 aromatic rings. The van der Waals surface area contributed by atoms with E-state index in [0.717, 1.165) is 11.3 Å². The van der Waals surface area contributed by atoms with E-state index in [-0.39, 0.29) is 5.41 Å². The van der Waals surface area contributed by atoms with Gasteiger partial charge in [-0.05, 0) is 35.3 Å². The SMILES string of the molecule is Cn1cccc1C=Nn1c(-c2ccc(C(C)(C)C)cc2)n[nH]c1=S. The predicted octanol–water partition coefficient (Wildman–Crippen LogP) is 4.13. The lowest BCUT2D eigenvalue weighted by Crippen LogP contribution is -2.10. The van der Waals surface area contributed by atoms with E-state index in [0.29, 0.717) is 10.6 Å². The average molecular weight is 339 g/mol. The molecular weight excluding hydrogens is 318 g/mol. The van der Waals surface area contributed by atoms with Crippen LogP contribution in [0.25, 0.3) is 11.4 Å². The van der Waals surface area contributed by atoms with E-state index in [1.54, 1.807) is 10.9 Å². The Morgan fingerprint density at radius 2 is 1.88 bits per heavy atom. The third kappa shape index (κ3) is 3.23. The highest BCUT2D eigenvalue weighted by molar-refractivity contribution is 7.71. The molecule has 24 heavy (non-hydrogen) atoms. The molecule has 0 spiro atoms. The second kappa shape index (κ2) is 6.20. The molecule has 0 aliphatic heterocycles. The van der Waals surface area contributed by atoms with Crippen LogP contribution < -0.4 is 0 Å². The van der Waals surface area contributed by atoms with Gasteiger partial charge >= 0.3 is 0 Å². The molecule has 5 nitrogen and oxygen atoms in total. The first-order valence-corrected chi connectivity index (χ1v) is 8.21. The average Bonchev–Trinajstić information content (AvgIpc) is 3.10. The molecule has 0 saturated carbocycles. The van der Waals surface area contributed by atoms with Crippen molar-refractivity contribution in [3.8, 4) is 11.4 Å². The first-order valence-electron chi connectivity index (χ1n) is 7.80. The van der Waals surface area contributed by atoms with E-state index in [1.165, 1.54) is 5.56 Å². The van der Waals surface area contributed by atoms with Crippen molar-refractivity contribution in [2.75, 3.05) is 0 Å². The molecule has 0 bridgehead atoms. The van der Waals surface area contributed by atoms with Crippen LogP contribution in [-0.2, 0) is 12.5 Å². The van der Waals surface area contributed by atoms with Crippen LogP contribution >= 0.6 is 12.2 Å². The van der Waals surface area contributed by atoms with Crippen LogP contribution in [-0.4, -0.2) is 25.7 Å². The van der Waals surface area contributed by atoms with Crippen LogP contribution in [0.2, 0.25) is 0 Å². The smallest absolute Gasteiger partial charge is 0.216 e. The second-order valence-electron chi connectivity index (χ2n) is 6.78. The minimum absolute atomic E-state index is 0.119. The fraction of sp³-hybridized carbons (Fsp3) is 0.278. The number of aromatic amines is 1. The van der Waals surface area contributed by atoms with Gasteiger partial charge in [-0.2, -0.15) is 14.9 Å². The van der Waals surface area contributed by atoms with E-state index < -0.39 is 0 Å². The zero-order valence-electron chi connectivity index (χ0n) is 14.3. The summed E-state index contributed by atoms with van der Waals surface area (Å²) in [5, 5.41) is 11.6. The number of hydrogen-bond donors (Lipinski definition) is 1. The summed E-state index contributed by atoms with van der Waals surface area (Å²) >= 11 is 5.31. The monoisotopic (exact) mass is 339 g/mol. The lowest BCUT2D eigenvalue weighted by Gasteiger charge is -2.18. The molecule has 0 unspecified atom stereocenters. The van der Waals surface area contributed by atoms with Crippen LogP contribution in [0.15, 0.2) is 47.7 Å². The molecule has 6 heteroatoms. The molecule has 0 atom stereocenters. The lowest BCUT2D eigenvalue weighted by atomic mass is 9.87. The molecule has 3 rings (SSSR count). The quantitative estimate of drug-likeness (QED) is 0.576. The Morgan fingerprint density at radius 3 is 2.46 bits per heavy atom. The zero-order valence-corrected chi connectivity index (χ0v) is 15.1. The summed E-state index contributed by atoms with van der Waals surface area (Å²) in [6, 6.07) is 12.3. The largest absolute Gasteiger partial charge is 0.350 e. The molecule has 0 aliphatic carbocycles. The fourth-order valence-corrected chi connectivity index (χ4v) is 2.61. The van der Waals surface area contributed by atoms with Gasteiger partial charge in [0.25, 0.3) is 0 Å². The van der Waals surface area contributed by atoms with Crippen LogP contribution in [0.1, 0.15) is 32.0 Å². The van der Waals surface area contributed by atoms with E-state index in [9.17, 15) is 0 Å². The molecule has 124 valence electrons. The number of nitrogens with one attached hydrogen (secondary N) is 1. The first-order chi connectivity index (χ1) is 11.4. The lowest BCUT2D eigenvalue weighted by molar-refractivity contribution is 0.590. The van der Waals surface area contributed by atoms with Crippen molar-refractivity contribution in [1.82, 2.24) is 19.4 Å². The first kappa shape index (κ1) is 16.4. The topological polar surface area (TPSA) is 50.9 Å². The van der Waals surface area contributed by atoms with Crippen molar-refractivity contribution < 1.29 is 0 Å². The predicted molar refractivity (Wildman–Crippen MR) is 100.0 cm³/mol. The third-order valence-electron chi connectivity index (χ3n) is 3.95. The standard InChI is InChI=1S/C18H21N5S/c1-18(2,3)14-9-7-13(8-10-14)16-20-21-17(24)23(16)19-12-15-6-5-11-22(15)4/h5-12H,1-4H3,(H,21,24). The Hall–Kier alpha value is -2.47. The van der Waals surface area contributed by atoms with Crippen LogP contribution in [0.4, 0.5) is 0 Å². The maximum atomic E-state index is 5.31. The minimum atomic E-state index is 0.119. The summed E-state index contributed by atoms with van der Waals surface area (Å²) in [6.45, 7) is 6.59. The van der Waals surface area contributed by atoms with Gasteiger partial charge in [-0.15, -0.1) is 0 Å². The third-order valence-corrected chi connectivity index (χ3v) is 4.21. The molecule has 0 amide bonds. The summed E-state index contributed by atoms with van der Waals surface area (Å²) in [7, 11) is 1.97. The zero-order chi connectivity index (χ0) is 17.3. The van der Waals surface area contributed by atoms with Crippen molar-refractivity contribution in [2.45, 2.75) is 26.2 Å². The van der Waals surface area contributed by atoms with Gasteiger partial charge in [0.05, 0.1) is 11.9 Å². The molecular formula is C18H21N5S. The Labute approximate surface area is 146 Å². The maximum Gasteiger partial charge on any atom is 0.216 e. The van der Waals surface area contributed by atoms with Crippen LogP contribution in [0, 0.1) is 4.77 Å². The second-order valence-corrected chi connectivity index (χ2v) is 7.17. The van der Waals surface area contributed by atoms with Crippen molar-refractivity contribution in [1.29, 1.82) is 0 Å². The Morgan fingerprint density at radius 1 is 1.17 bits per heavy atom. The van der Waals surface area contributed by atoms with Crippen LogP contribution in [0.3, 0.4) is 0 Å².